The van der Waals surface area contributed by atoms with Crippen LogP contribution in [-0.4, -0.2) is 18.2 Å². The molecule has 0 bridgehead atoms. The van der Waals surface area contributed by atoms with Crippen LogP contribution in [0, 0.1) is 0 Å². The number of rotatable bonds is 4. The molecule has 0 saturated carbocycles. The van der Waals surface area contributed by atoms with Crippen LogP contribution in [0.1, 0.15) is 32.3 Å². The molecular weight excluding hydrogens is 246 g/mol. The molecule has 1 N–H and O–H groups in total. The zero-order chi connectivity index (χ0) is 14.0. The van der Waals surface area contributed by atoms with E-state index in [0.717, 1.165) is 25.9 Å². The molecule has 20 heavy (non-hydrogen) atoms. The molecule has 2 aromatic rings. The van der Waals surface area contributed by atoms with Crippen molar-refractivity contribution in [3.05, 3.63) is 48.0 Å². The van der Waals surface area contributed by atoms with E-state index in [4.69, 9.17) is 4.74 Å². The largest absolute Gasteiger partial charge is 0.371 e. The fourth-order valence-corrected chi connectivity index (χ4v) is 3.04. The Morgan fingerprint density at radius 1 is 1.15 bits per heavy atom. The Hall–Kier alpha value is -1.38. The van der Waals surface area contributed by atoms with Crippen molar-refractivity contribution in [2.75, 3.05) is 6.54 Å². The van der Waals surface area contributed by atoms with Crippen LogP contribution in [0.2, 0.25) is 0 Å². The van der Waals surface area contributed by atoms with Crippen molar-refractivity contribution in [2.45, 2.75) is 44.9 Å². The summed E-state index contributed by atoms with van der Waals surface area (Å²) >= 11 is 0. The molecular formula is C18H23NO. The van der Waals surface area contributed by atoms with Gasteiger partial charge >= 0.3 is 0 Å². The van der Waals surface area contributed by atoms with Crippen LogP contribution in [-0.2, 0) is 11.3 Å². The fraction of sp³-hybridized carbons (Fsp3) is 0.444. The van der Waals surface area contributed by atoms with Crippen LogP contribution in [0.25, 0.3) is 10.8 Å². The standard InChI is InChI=1S/C18H23NO/c1-18(2)11-10-16(20-18)13-19-12-15-8-5-7-14-6-3-4-9-17(14)15/h3-9,16,19H,10-13H2,1-2H3. The molecule has 0 aliphatic carbocycles. The number of fused-ring (bicyclic) bond motifs is 1. The number of ether oxygens (including phenoxy) is 1. The van der Waals surface area contributed by atoms with E-state index in [9.17, 15) is 0 Å². The highest BCUT2D eigenvalue weighted by Crippen LogP contribution is 2.28. The second-order valence-electron chi connectivity index (χ2n) is 6.31. The number of benzene rings is 2. The Bertz CT molecular complexity index is 585. The lowest BCUT2D eigenvalue weighted by atomic mass is 10.0. The first-order chi connectivity index (χ1) is 9.64. The average molecular weight is 269 g/mol. The quantitative estimate of drug-likeness (QED) is 0.909. The second-order valence-corrected chi connectivity index (χ2v) is 6.31. The minimum atomic E-state index is 0.0613. The molecule has 2 aromatic carbocycles. The zero-order valence-corrected chi connectivity index (χ0v) is 12.4. The normalized spacial score (nSPS) is 21.4. The summed E-state index contributed by atoms with van der Waals surface area (Å²) in [6.07, 6.45) is 2.68. The van der Waals surface area contributed by atoms with E-state index in [1.54, 1.807) is 0 Å². The van der Waals surface area contributed by atoms with Crippen molar-refractivity contribution in [3.63, 3.8) is 0 Å². The van der Waals surface area contributed by atoms with Crippen LogP contribution < -0.4 is 5.32 Å². The highest BCUT2D eigenvalue weighted by atomic mass is 16.5. The first-order valence-electron chi connectivity index (χ1n) is 7.49. The predicted octanol–water partition coefficient (Wildman–Crippen LogP) is 3.89. The van der Waals surface area contributed by atoms with Crippen molar-refractivity contribution in [1.29, 1.82) is 0 Å². The minimum Gasteiger partial charge on any atom is -0.371 e. The van der Waals surface area contributed by atoms with Gasteiger partial charge < -0.3 is 10.1 Å². The molecule has 2 heteroatoms. The summed E-state index contributed by atoms with van der Waals surface area (Å²) in [5.41, 5.74) is 1.42. The van der Waals surface area contributed by atoms with E-state index in [2.05, 4.69) is 61.6 Å². The minimum absolute atomic E-state index is 0.0613. The van der Waals surface area contributed by atoms with Gasteiger partial charge in [0.25, 0.3) is 0 Å². The molecule has 0 spiro atoms. The van der Waals surface area contributed by atoms with Gasteiger partial charge in [-0.3, -0.25) is 0 Å². The first-order valence-corrected chi connectivity index (χ1v) is 7.49. The SMILES string of the molecule is CC1(C)CCC(CNCc2cccc3ccccc23)O1. The van der Waals surface area contributed by atoms with Gasteiger partial charge in [0.15, 0.2) is 0 Å². The molecule has 1 fully saturated rings. The summed E-state index contributed by atoms with van der Waals surface area (Å²) < 4.78 is 6.01. The van der Waals surface area contributed by atoms with Gasteiger partial charge in [-0.15, -0.1) is 0 Å². The molecule has 1 heterocycles. The Balaban J connectivity index is 1.61. The highest BCUT2D eigenvalue weighted by molar-refractivity contribution is 5.85. The molecule has 106 valence electrons. The van der Waals surface area contributed by atoms with Crippen LogP contribution >= 0.6 is 0 Å². The molecule has 1 aliphatic rings. The Labute approximate surface area is 121 Å². The van der Waals surface area contributed by atoms with Crippen molar-refractivity contribution < 1.29 is 4.74 Å². The van der Waals surface area contributed by atoms with E-state index in [1.165, 1.54) is 16.3 Å². The second kappa shape index (κ2) is 5.55. The lowest BCUT2D eigenvalue weighted by Gasteiger charge is -2.19. The van der Waals surface area contributed by atoms with Crippen molar-refractivity contribution in [3.8, 4) is 0 Å². The lowest BCUT2D eigenvalue weighted by Crippen LogP contribution is -2.29. The predicted molar refractivity (Wildman–Crippen MR) is 83.8 cm³/mol. The van der Waals surface area contributed by atoms with Crippen LogP contribution in [0.15, 0.2) is 42.5 Å². The zero-order valence-electron chi connectivity index (χ0n) is 12.4. The van der Waals surface area contributed by atoms with E-state index < -0.39 is 0 Å². The summed E-state index contributed by atoms with van der Waals surface area (Å²) in [6, 6.07) is 15.1. The van der Waals surface area contributed by atoms with Crippen LogP contribution in [0.4, 0.5) is 0 Å². The van der Waals surface area contributed by atoms with Gasteiger partial charge in [0, 0.05) is 13.1 Å². The number of hydrogen-bond donors (Lipinski definition) is 1. The highest BCUT2D eigenvalue weighted by Gasteiger charge is 2.31. The van der Waals surface area contributed by atoms with Gasteiger partial charge in [0.1, 0.15) is 0 Å². The smallest absolute Gasteiger partial charge is 0.0707 e. The Kier molecular flexibility index (Phi) is 3.77. The van der Waals surface area contributed by atoms with E-state index >= 15 is 0 Å². The number of hydrogen-bond acceptors (Lipinski definition) is 2. The molecule has 2 nitrogen and oxygen atoms in total. The summed E-state index contributed by atoms with van der Waals surface area (Å²) in [4.78, 5) is 0. The van der Waals surface area contributed by atoms with Gasteiger partial charge in [-0.2, -0.15) is 0 Å². The van der Waals surface area contributed by atoms with E-state index in [0.29, 0.717) is 6.10 Å². The monoisotopic (exact) mass is 269 g/mol. The third-order valence-corrected chi connectivity index (χ3v) is 4.12. The third-order valence-electron chi connectivity index (χ3n) is 4.12. The Morgan fingerprint density at radius 3 is 2.75 bits per heavy atom. The van der Waals surface area contributed by atoms with Gasteiger partial charge in [-0.1, -0.05) is 42.5 Å². The molecule has 1 saturated heterocycles. The van der Waals surface area contributed by atoms with Crippen LogP contribution in [0.5, 0.6) is 0 Å². The summed E-state index contributed by atoms with van der Waals surface area (Å²) in [5, 5.41) is 6.20. The van der Waals surface area contributed by atoms with Gasteiger partial charge in [-0.05, 0) is 43.0 Å². The molecule has 1 atom stereocenters. The molecule has 1 unspecified atom stereocenters. The molecule has 0 radical (unpaired) electrons. The van der Waals surface area contributed by atoms with Crippen LogP contribution in [0.3, 0.4) is 0 Å². The van der Waals surface area contributed by atoms with Gasteiger partial charge in [-0.25, -0.2) is 0 Å². The number of nitrogens with one attached hydrogen (secondary N) is 1. The maximum Gasteiger partial charge on any atom is 0.0707 e. The van der Waals surface area contributed by atoms with Gasteiger partial charge in [0.2, 0.25) is 0 Å². The van der Waals surface area contributed by atoms with Crippen molar-refractivity contribution >= 4 is 10.8 Å². The third kappa shape index (κ3) is 3.02. The maximum absolute atomic E-state index is 6.01. The summed E-state index contributed by atoms with van der Waals surface area (Å²) in [5.74, 6) is 0. The van der Waals surface area contributed by atoms with Gasteiger partial charge in [0.05, 0.1) is 11.7 Å². The summed E-state index contributed by atoms with van der Waals surface area (Å²) in [6.45, 7) is 6.20. The lowest BCUT2D eigenvalue weighted by molar-refractivity contribution is -0.0142. The average Bonchev–Trinajstić information content (AvgIpc) is 2.79. The Morgan fingerprint density at radius 2 is 1.95 bits per heavy atom. The summed E-state index contributed by atoms with van der Waals surface area (Å²) in [7, 11) is 0. The van der Waals surface area contributed by atoms with Crippen molar-refractivity contribution in [1.82, 2.24) is 5.32 Å². The molecule has 0 aromatic heterocycles. The topological polar surface area (TPSA) is 21.3 Å². The molecule has 0 amide bonds. The van der Waals surface area contributed by atoms with Crippen molar-refractivity contribution in [2.24, 2.45) is 0 Å². The fourth-order valence-electron chi connectivity index (χ4n) is 3.04. The first kappa shape index (κ1) is 13.6. The van der Waals surface area contributed by atoms with E-state index in [-0.39, 0.29) is 5.60 Å². The molecule has 1 aliphatic heterocycles. The van der Waals surface area contributed by atoms with E-state index in [1.807, 2.05) is 0 Å². The molecule has 3 rings (SSSR count). The maximum atomic E-state index is 6.01.